The van der Waals surface area contributed by atoms with Crippen LogP contribution < -0.4 is 5.32 Å². The van der Waals surface area contributed by atoms with Gasteiger partial charge >= 0.3 is 0 Å². The second-order valence-electron chi connectivity index (χ2n) is 9.89. The van der Waals surface area contributed by atoms with Crippen LogP contribution in [-0.4, -0.2) is 32.0 Å². The summed E-state index contributed by atoms with van der Waals surface area (Å²) in [4.78, 5) is 14.1. The molecule has 4 aliphatic rings. The van der Waals surface area contributed by atoms with Crippen LogP contribution in [0.4, 0.5) is 0 Å². The number of nitrogens with zero attached hydrogens (tertiary/aromatic N) is 3. The predicted molar refractivity (Wildman–Crippen MR) is 129 cm³/mol. The quantitative estimate of drug-likeness (QED) is 0.486. The van der Waals surface area contributed by atoms with Gasteiger partial charge in [0.15, 0.2) is 11.0 Å². The summed E-state index contributed by atoms with van der Waals surface area (Å²) in [6.07, 6.45) is 7.71. The van der Waals surface area contributed by atoms with Crippen LogP contribution in [0, 0.1) is 17.8 Å². The molecule has 0 aliphatic heterocycles. The van der Waals surface area contributed by atoms with E-state index < -0.39 is 0 Å². The van der Waals surface area contributed by atoms with Crippen LogP contribution in [-0.2, 0) is 11.3 Å². The van der Waals surface area contributed by atoms with Gasteiger partial charge < -0.3 is 5.32 Å². The number of carbonyl (C=O) groups excluding carboxylic acids is 1. The summed E-state index contributed by atoms with van der Waals surface area (Å²) in [6, 6.07) is 14.5. The first-order chi connectivity index (χ1) is 15.7. The first-order valence-corrected chi connectivity index (χ1v) is 13.5. The Labute approximate surface area is 197 Å². The molecule has 32 heavy (non-hydrogen) atoms. The molecule has 2 aromatic heterocycles. The monoisotopic (exact) mass is 464 g/mol. The maximum absolute atomic E-state index is 13.0. The van der Waals surface area contributed by atoms with E-state index in [1.165, 1.54) is 55.9 Å². The second kappa shape index (κ2) is 8.34. The van der Waals surface area contributed by atoms with Crippen molar-refractivity contribution in [1.29, 1.82) is 0 Å². The fourth-order valence-corrected chi connectivity index (χ4v) is 8.07. The number of aromatic nitrogens is 3. The fourth-order valence-electron chi connectivity index (χ4n) is 6.62. The van der Waals surface area contributed by atoms with Crippen molar-refractivity contribution < 1.29 is 4.79 Å². The van der Waals surface area contributed by atoms with Crippen LogP contribution in [0.1, 0.15) is 44.1 Å². The van der Waals surface area contributed by atoms with Gasteiger partial charge in [-0.3, -0.25) is 9.36 Å². The number of hydrogen-bond donors (Lipinski definition) is 1. The Morgan fingerprint density at radius 1 is 1.03 bits per heavy atom. The molecule has 0 saturated heterocycles. The van der Waals surface area contributed by atoms with E-state index in [4.69, 9.17) is 0 Å². The zero-order valence-corrected chi connectivity index (χ0v) is 19.7. The zero-order valence-electron chi connectivity index (χ0n) is 18.1. The lowest BCUT2D eigenvalue weighted by Crippen LogP contribution is -2.60. The highest BCUT2D eigenvalue weighted by molar-refractivity contribution is 7.99. The lowest BCUT2D eigenvalue weighted by atomic mass is 9.53. The van der Waals surface area contributed by atoms with Crippen molar-refractivity contribution >= 4 is 29.0 Å². The average Bonchev–Trinajstić information content (AvgIpc) is 3.42. The van der Waals surface area contributed by atoms with Crippen molar-refractivity contribution in [1.82, 2.24) is 20.1 Å². The van der Waals surface area contributed by atoms with Crippen LogP contribution >= 0.6 is 23.1 Å². The van der Waals surface area contributed by atoms with E-state index in [0.29, 0.717) is 12.3 Å². The van der Waals surface area contributed by atoms with Crippen molar-refractivity contribution in [2.24, 2.45) is 17.8 Å². The van der Waals surface area contributed by atoms with E-state index in [1.807, 2.05) is 12.1 Å². The summed E-state index contributed by atoms with van der Waals surface area (Å²) in [5.41, 5.74) is 1.26. The number of thiophene rings is 1. The predicted octanol–water partition coefficient (Wildman–Crippen LogP) is 5.23. The minimum atomic E-state index is 0.0617. The molecular weight excluding hydrogens is 436 g/mol. The number of thioether (sulfide) groups is 1. The third-order valence-corrected chi connectivity index (χ3v) is 9.25. The first-order valence-electron chi connectivity index (χ1n) is 11.6. The summed E-state index contributed by atoms with van der Waals surface area (Å²) in [5.74, 6) is 3.89. The van der Waals surface area contributed by atoms with Gasteiger partial charge in [-0.15, -0.1) is 21.5 Å². The molecule has 3 aromatic rings. The molecule has 0 spiro atoms. The maximum atomic E-state index is 13.0. The van der Waals surface area contributed by atoms with Gasteiger partial charge in [0.05, 0.1) is 17.2 Å². The van der Waals surface area contributed by atoms with Crippen molar-refractivity contribution in [2.45, 2.75) is 55.8 Å². The molecule has 4 saturated carbocycles. The van der Waals surface area contributed by atoms with Gasteiger partial charge in [0.25, 0.3) is 0 Å². The molecule has 1 N–H and O–H groups in total. The van der Waals surface area contributed by atoms with Crippen LogP contribution in [0.5, 0.6) is 0 Å². The van der Waals surface area contributed by atoms with Gasteiger partial charge in [0.1, 0.15) is 0 Å². The Morgan fingerprint density at radius 2 is 1.75 bits per heavy atom. The van der Waals surface area contributed by atoms with Gasteiger partial charge in [0, 0.05) is 5.54 Å². The number of hydrogen-bond acceptors (Lipinski definition) is 5. The fraction of sp³-hybridized carbons (Fsp3) is 0.480. The van der Waals surface area contributed by atoms with E-state index >= 15 is 0 Å². The molecule has 0 atom stereocenters. The third-order valence-electron chi connectivity index (χ3n) is 7.42. The molecule has 0 radical (unpaired) electrons. The molecule has 2 heterocycles. The summed E-state index contributed by atoms with van der Waals surface area (Å²) < 4.78 is 2.14. The molecule has 0 unspecified atom stereocenters. The number of rotatable bonds is 7. The number of nitrogens with one attached hydrogen (secondary N) is 1. The van der Waals surface area contributed by atoms with E-state index in [2.05, 4.69) is 55.8 Å². The summed E-state index contributed by atoms with van der Waals surface area (Å²) in [7, 11) is 0. The van der Waals surface area contributed by atoms with Crippen LogP contribution in [0.2, 0.25) is 0 Å². The Balaban J connectivity index is 1.17. The first kappa shape index (κ1) is 20.5. The van der Waals surface area contributed by atoms with Crippen LogP contribution in [0.15, 0.2) is 53.0 Å². The molecule has 1 amide bonds. The summed E-state index contributed by atoms with van der Waals surface area (Å²) in [6.45, 7) is 0.694. The molecule has 4 bridgehead atoms. The van der Waals surface area contributed by atoms with E-state index in [0.717, 1.165) is 33.6 Å². The third kappa shape index (κ3) is 4.01. The van der Waals surface area contributed by atoms with Crippen molar-refractivity contribution in [3.05, 3.63) is 53.4 Å². The second-order valence-corrected chi connectivity index (χ2v) is 11.8. The Kier molecular flexibility index (Phi) is 5.34. The average molecular weight is 465 g/mol. The zero-order chi connectivity index (χ0) is 21.5. The molecule has 1 aromatic carbocycles. The van der Waals surface area contributed by atoms with E-state index in [-0.39, 0.29) is 11.4 Å². The molecule has 4 aliphatic carbocycles. The van der Waals surface area contributed by atoms with E-state index in [9.17, 15) is 4.79 Å². The largest absolute Gasteiger partial charge is 0.350 e. The summed E-state index contributed by atoms with van der Waals surface area (Å²) >= 11 is 3.17. The smallest absolute Gasteiger partial charge is 0.230 e. The highest BCUT2D eigenvalue weighted by Gasteiger charge is 2.51. The maximum Gasteiger partial charge on any atom is 0.230 e. The number of amides is 1. The van der Waals surface area contributed by atoms with Gasteiger partial charge in [-0.05, 0) is 73.3 Å². The standard InChI is InChI=1S/C25H28N4OS2/c30-22(26-25-12-18-9-19(13-25)11-20(10-18)14-25)16-32-24-28-27-23(21-7-4-8-31-21)29(24)15-17-5-2-1-3-6-17/h1-8,18-20H,9-16H2,(H,26,30). The molecule has 166 valence electrons. The highest BCUT2D eigenvalue weighted by atomic mass is 32.2. The Morgan fingerprint density at radius 3 is 2.41 bits per heavy atom. The SMILES string of the molecule is O=C(CSc1nnc(-c2cccs2)n1Cc1ccccc1)NC12CC3CC(CC(C3)C1)C2. The normalized spacial score (nSPS) is 28.2. The number of carbonyl (C=O) groups is 1. The lowest BCUT2D eigenvalue weighted by Gasteiger charge is -2.56. The van der Waals surface area contributed by atoms with Crippen molar-refractivity contribution in [3.8, 4) is 10.7 Å². The minimum Gasteiger partial charge on any atom is -0.350 e. The molecule has 7 rings (SSSR count). The molecular formula is C25H28N4OS2. The van der Waals surface area contributed by atoms with Crippen LogP contribution in [0.25, 0.3) is 10.7 Å². The summed E-state index contributed by atoms with van der Waals surface area (Å²) in [5, 5.41) is 15.3. The molecule has 7 heteroatoms. The molecule has 4 fully saturated rings. The van der Waals surface area contributed by atoms with Gasteiger partial charge in [-0.1, -0.05) is 48.2 Å². The van der Waals surface area contributed by atoms with Gasteiger partial charge in [-0.25, -0.2) is 0 Å². The van der Waals surface area contributed by atoms with Gasteiger partial charge in [0.2, 0.25) is 5.91 Å². The topological polar surface area (TPSA) is 59.8 Å². The number of benzene rings is 1. The lowest BCUT2D eigenvalue weighted by molar-refractivity contribution is -0.124. The van der Waals surface area contributed by atoms with Gasteiger partial charge in [-0.2, -0.15) is 0 Å². The van der Waals surface area contributed by atoms with Crippen molar-refractivity contribution in [2.75, 3.05) is 5.75 Å². The highest BCUT2D eigenvalue weighted by Crippen LogP contribution is 2.55. The minimum absolute atomic E-state index is 0.0617. The molecule has 5 nitrogen and oxygen atoms in total. The van der Waals surface area contributed by atoms with Crippen molar-refractivity contribution in [3.63, 3.8) is 0 Å². The van der Waals surface area contributed by atoms with Crippen LogP contribution in [0.3, 0.4) is 0 Å². The Bertz CT molecular complexity index is 1060. The Hall–Kier alpha value is -2.12. The van der Waals surface area contributed by atoms with E-state index in [1.54, 1.807) is 11.3 Å².